The van der Waals surface area contributed by atoms with Gasteiger partial charge in [-0.15, -0.1) is 0 Å². The quantitative estimate of drug-likeness (QED) is 0.879. The summed E-state index contributed by atoms with van der Waals surface area (Å²) in [6.45, 7) is 3.46. The number of amides is 1. The highest BCUT2D eigenvalue weighted by atomic mass is 19.1. The van der Waals surface area contributed by atoms with E-state index in [1.807, 2.05) is 0 Å². The van der Waals surface area contributed by atoms with E-state index in [1.54, 1.807) is 13.8 Å². The summed E-state index contributed by atoms with van der Waals surface area (Å²) in [5.41, 5.74) is -0.315. The number of nitrogens with one attached hydrogen (secondary N) is 1. The zero-order valence-electron chi connectivity index (χ0n) is 10.9. The Morgan fingerprint density at radius 1 is 1.26 bits per heavy atom. The lowest BCUT2D eigenvalue weighted by molar-refractivity contribution is -0.132. The highest BCUT2D eigenvalue weighted by Gasteiger charge is 2.47. The van der Waals surface area contributed by atoms with Crippen LogP contribution in [0.5, 0.6) is 0 Å². The zero-order chi connectivity index (χ0) is 14.2. The number of halogens is 2. The minimum absolute atomic E-state index is 0.208. The summed E-state index contributed by atoms with van der Waals surface area (Å²) in [6.07, 6.45) is 0.120. The van der Waals surface area contributed by atoms with E-state index in [9.17, 15) is 18.7 Å². The van der Waals surface area contributed by atoms with Crippen LogP contribution in [0, 0.1) is 17.6 Å². The molecule has 0 saturated heterocycles. The van der Waals surface area contributed by atoms with E-state index in [0.29, 0.717) is 18.4 Å². The third kappa shape index (κ3) is 2.92. The molecule has 1 atom stereocenters. The van der Waals surface area contributed by atoms with Gasteiger partial charge in [-0.3, -0.25) is 4.79 Å². The van der Waals surface area contributed by atoms with Gasteiger partial charge in [0, 0.05) is 6.07 Å². The molecule has 1 fully saturated rings. The van der Waals surface area contributed by atoms with Crippen LogP contribution >= 0.6 is 0 Å². The van der Waals surface area contributed by atoms with Crippen LogP contribution in [-0.2, 0) is 10.3 Å². The van der Waals surface area contributed by atoms with Crippen molar-refractivity contribution >= 4 is 5.91 Å². The van der Waals surface area contributed by atoms with Crippen LogP contribution in [0.3, 0.4) is 0 Å². The van der Waals surface area contributed by atoms with Gasteiger partial charge in [0.05, 0.1) is 5.54 Å². The van der Waals surface area contributed by atoms with E-state index in [2.05, 4.69) is 5.32 Å². The fraction of sp³-hybridized carbons (Fsp3) is 0.500. The summed E-state index contributed by atoms with van der Waals surface area (Å²) in [6, 6.07) is 3.24. The average molecular weight is 269 g/mol. The normalized spacial score (nSPS) is 18.2. The van der Waals surface area contributed by atoms with Gasteiger partial charge in [0.25, 0.3) is 0 Å². The van der Waals surface area contributed by atoms with Crippen molar-refractivity contribution in [1.82, 2.24) is 5.32 Å². The molecule has 0 bridgehead atoms. The summed E-state index contributed by atoms with van der Waals surface area (Å²) < 4.78 is 26.4. The molecule has 0 aliphatic heterocycles. The van der Waals surface area contributed by atoms with Gasteiger partial charge in [0.15, 0.2) is 0 Å². The molecule has 3 nitrogen and oxygen atoms in total. The highest BCUT2D eigenvalue weighted by molar-refractivity contribution is 5.82. The van der Waals surface area contributed by atoms with Crippen molar-refractivity contribution in [3.63, 3.8) is 0 Å². The van der Waals surface area contributed by atoms with Gasteiger partial charge in [-0.05, 0) is 36.5 Å². The monoisotopic (exact) mass is 269 g/mol. The van der Waals surface area contributed by atoms with Crippen molar-refractivity contribution in [2.75, 3.05) is 0 Å². The predicted molar refractivity (Wildman–Crippen MR) is 66.3 cm³/mol. The van der Waals surface area contributed by atoms with Gasteiger partial charge in [-0.25, -0.2) is 8.78 Å². The number of carbonyl (C=O) groups excluding carboxylic acids is 1. The maximum absolute atomic E-state index is 13.2. The van der Waals surface area contributed by atoms with E-state index in [0.717, 1.165) is 6.07 Å². The highest BCUT2D eigenvalue weighted by Crippen LogP contribution is 2.46. The van der Waals surface area contributed by atoms with Crippen LogP contribution in [0.1, 0.15) is 32.3 Å². The van der Waals surface area contributed by atoms with Gasteiger partial charge < -0.3 is 10.4 Å². The maximum Gasteiger partial charge on any atom is 0.249 e. The van der Waals surface area contributed by atoms with E-state index in [-0.39, 0.29) is 5.92 Å². The Hall–Kier alpha value is -1.49. The van der Waals surface area contributed by atoms with Crippen molar-refractivity contribution in [3.8, 4) is 0 Å². The summed E-state index contributed by atoms with van der Waals surface area (Å²) in [4.78, 5) is 11.8. The Morgan fingerprint density at radius 2 is 1.79 bits per heavy atom. The summed E-state index contributed by atoms with van der Waals surface area (Å²) >= 11 is 0. The summed E-state index contributed by atoms with van der Waals surface area (Å²) in [5, 5.41) is 12.4. The molecule has 1 aromatic carbocycles. The molecule has 1 amide bonds. The fourth-order valence-electron chi connectivity index (χ4n) is 2.05. The van der Waals surface area contributed by atoms with Gasteiger partial charge >= 0.3 is 0 Å². The largest absolute Gasteiger partial charge is 0.383 e. The van der Waals surface area contributed by atoms with Gasteiger partial charge in [0.2, 0.25) is 5.91 Å². The Morgan fingerprint density at radius 3 is 2.21 bits per heavy atom. The Kier molecular flexibility index (Phi) is 3.58. The van der Waals surface area contributed by atoms with Crippen molar-refractivity contribution < 1.29 is 18.7 Å². The fourth-order valence-corrected chi connectivity index (χ4v) is 2.05. The van der Waals surface area contributed by atoms with E-state index < -0.39 is 29.2 Å². The van der Waals surface area contributed by atoms with Crippen molar-refractivity contribution in [2.45, 2.75) is 38.3 Å². The number of aliphatic hydroxyl groups is 1. The molecule has 0 heterocycles. The second kappa shape index (κ2) is 4.89. The molecule has 1 aliphatic carbocycles. The van der Waals surface area contributed by atoms with Crippen LogP contribution in [0.25, 0.3) is 0 Å². The molecule has 5 heteroatoms. The number of aliphatic hydroxyl groups excluding tert-OH is 1. The molecular formula is C14H17F2NO2. The molecule has 1 saturated carbocycles. The lowest BCUT2D eigenvalue weighted by atomic mass is 10.0. The Bertz CT molecular complexity index is 478. The number of hydrogen-bond donors (Lipinski definition) is 2. The summed E-state index contributed by atoms with van der Waals surface area (Å²) in [7, 11) is 0. The third-order valence-electron chi connectivity index (χ3n) is 3.43. The van der Waals surface area contributed by atoms with Crippen LogP contribution in [0.15, 0.2) is 18.2 Å². The summed E-state index contributed by atoms with van der Waals surface area (Å²) in [5.74, 6) is -2.04. The molecule has 2 N–H and O–H groups in total. The first-order chi connectivity index (χ1) is 8.84. The maximum atomic E-state index is 13.2. The topological polar surface area (TPSA) is 49.3 Å². The van der Waals surface area contributed by atoms with Crippen molar-refractivity contribution in [1.29, 1.82) is 0 Å². The predicted octanol–water partition coefficient (Wildman–Crippen LogP) is 2.09. The second-order valence-electron chi connectivity index (χ2n) is 5.42. The first-order valence-corrected chi connectivity index (χ1v) is 6.31. The number of hydrogen-bond acceptors (Lipinski definition) is 2. The molecule has 104 valence electrons. The number of carbonyl (C=O) groups is 1. The van der Waals surface area contributed by atoms with Crippen molar-refractivity contribution in [3.05, 3.63) is 35.4 Å². The molecule has 19 heavy (non-hydrogen) atoms. The minimum Gasteiger partial charge on any atom is -0.383 e. The van der Waals surface area contributed by atoms with E-state index in [4.69, 9.17) is 0 Å². The lowest BCUT2D eigenvalue weighted by Gasteiger charge is -2.22. The van der Waals surface area contributed by atoms with Crippen LogP contribution in [0.4, 0.5) is 8.78 Å². The number of rotatable bonds is 4. The smallest absolute Gasteiger partial charge is 0.249 e. The molecule has 1 unspecified atom stereocenters. The van der Waals surface area contributed by atoms with Gasteiger partial charge in [-0.2, -0.15) is 0 Å². The van der Waals surface area contributed by atoms with Gasteiger partial charge in [0.1, 0.15) is 17.7 Å². The average Bonchev–Trinajstić information content (AvgIpc) is 3.07. The van der Waals surface area contributed by atoms with E-state index in [1.165, 1.54) is 12.1 Å². The SMILES string of the molecule is CC(C)C(O)C(=O)NC1(c2cc(F)cc(F)c2)CC1. The van der Waals surface area contributed by atoms with Crippen LogP contribution in [0.2, 0.25) is 0 Å². The Balaban J connectivity index is 2.17. The standard InChI is InChI=1S/C14H17F2NO2/c1-8(2)12(18)13(19)17-14(3-4-14)9-5-10(15)7-11(16)6-9/h5-8,12,18H,3-4H2,1-2H3,(H,17,19). The van der Waals surface area contributed by atoms with Crippen LogP contribution in [-0.4, -0.2) is 17.1 Å². The van der Waals surface area contributed by atoms with E-state index >= 15 is 0 Å². The zero-order valence-corrected chi connectivity index (χ0v) is 10.9. The second-order valence-corrected chi connectivity index (χ2v) is 5.42. The molecular weight excluding hydrogens is 252 g/mol. The molecule has 1 aliphatic rings. The third-order valence-corrected chi connectivity index (χ3v) is 3.43. The molecule has 2 rings (SSSR count). The molecule has 0 aromatic heterocycles. The Labute approximate surface area is 110 Å². The van der Waals surface area contributed by atoms with Crippen molar-refractivity contribution in [2.24, 2.45) is 5.92 Å². The first kappa shape index (κ1) is 13.9. The molecule has 0 radical (unpaired) electrons. The van der Waals surface area contributed by atoms with Crippen LogP contribution < -0.4 is 5.32 Å². The van der Waals surface area contributed by atoms with Gasteiger partial charge in [-0.1, -0.05) is 13.8 Å². The number of benzene rings is 1. The molecule has 0 spiro atoms. The lowest BCUT2D eigenvalue weighted by Crippen LogP contribution is -2.43. The molecule has 1 aromatic rings. The minimum atomic E-state index is -1.11. The first-order valence-electron chi connectivity index (χ1n) is 6.31.